The zero-order valence-corrected chi connectivity index (χ0v) is 12.3. The van der Waals surface area contributed by atoms with Crippen molar-refractivity contribution in [3.63, 3.8) is 0 Å². The van der Waals surface area contributed by atoms with Crippen LogP contribution in [0.25, 0.3) is 10.9 Å². The first kappa shape index (κ1) is 14.4. The fraction of sp³-hybridized carbons (Fsp3) is 0.294. The molecule has 1 aliphatic carbocycles. The maximum atomic E-state index is 11.5. The molecular formula is C17H19N3O2. The van der Waals surface area contributed by atoms with Crippen LogP contribution in [0.5, 0.6) is 0 Å². The minimum atomic E-state index is -0.429. The topological polar surface area (TPSA) is 88.0 Å². The molecule has 1 heterocycles. The third-order valence-electron chi connectivity index (χ3n) is 4.43. The number of hydrogen-bond donors (Lipinski definition) is 3. The second-order valence-corrected chi connectivity index (χ2v) is 5.75. The maximum absolute atomic E-state index is 11.5. The summed E-state index contributed by atoms with van der Waals surface area (Å²) >= 11 is 0. The molecule has 0 bridgehead atoms. The van der Waals surface area contributed by atoms with E-state index in [1.165, 1.54) is 11.6 Å². The van der Waals surface area contributed by atoms with Gasteiger partial charge in [0.15, 0.2) is 0 Å². The van der Waals surface area contributed by atoms with E-state index < -0.39 is 5.91 Å². The van der Waals surface area contributed by atoms with Gasteiger partial charge in [0.25, 0.3) is 5.91 Å². The Kier molecular flexibility index (Phi) is 3.71. The van der Waals surface area contributed by atoms with Crippen molar-refractivity contribution in [2.45, 2.75) is 31.2 Å². The highest BCUT2D eigenvalue weighted by Crippen LogP contribution is 2.38. The minimum absolute atomic E-state index is 0.124. The van der Waals surface area contributed by atoms with Crippen LogP contribution in [0.1, 0.15) is 41.1 Å². The zero-order valence-electron chi connectivity index (χ0n) is 12.3. The maximum Gasteiger partial charge on any atom is 0.250 e. The second-order valence-electron chi connectivity index (χ2n) is 5.75. The lowest BCUT2D eigenvalue weighted by atomic mass is 9.92. The van der Waals surface area contributed by atoms with Crippen LogP contribution in [0.2, 0.25) is 0 Å². The van der Waals surface area contributed by atoms with Crippen molar-refractivity contribution in [1.29, 1.82) is 0 Å². The van der Waals surface area contributed by atoms with Crippen LogP contribution in [0.4, 0.5) is 0 Å². The molecule has 5 heteroatoms. The molecule has 22 heavy (non-hydrogen) atoms. The molecule has 1 fully saturated rings. The first-order chi connectivity index (χ1) is 10.6. The normalized spacial score (nSPS) is 20.9. The Hall–Kier alpha value is -2.56. The summed E-state index contributed by atoms with van der Waals surface area (Å²) in [7, 11) is 0. The number of aromatic nitrogens is 1. The molecule has 0 aliphatic heterocycles. The SMILES string of the molecule is C=CC(=O)NC1CCC(c2ccc(C(N)=O)c3[nH]ccc23)C1. The third-order valence-corrected chi connectivity index (χ3v) is 4.43. The summed E-state index contributed by atoms with van der Waals surface area (Å²) in [4.78, 5) is 26.0. The van der Waals surface area contributed by atoms with E-state index in [0.717, 1.165) is 30.2 Å². The Balaban J connectivity index is 1.87. The van der Waals surface area contributed by atoms with E-state index in [2.05, 4.69) is 16.9 Å². The van der Waals surface area contributed by atoms with Crippen molar-refractivity contribution in [3.8, 4) is 0 Å². The molecule has 4 N–H and O–H groups in total. The lowest BCUT2D eigenvalue weighted by molar-refractivity contribution is -0.117. The number of benzene rings is 1. The standard InChI is InChI=1S/C17H19N3O2/c1-2-15(21)20-11-4-3-10(9-11)12-5-6-14(17(18)22)16-13(12)7-8-19-16/h2,5-8,10-11,19H,1,3-4,9H2,(H2,18,22)(H,20,21). The summed E-state index contributed by atoms with van der Waals surface area (Å²) in [6.45, 7) is 3.48. The Morgan fingerprint density at radius 3 is 2.86 bits per heavy atom. The van der Waals surface area contributed by atoms with Gasteiger partial charge in [-0.2, -0.15) is 0 Å². The molecule has 0 saturated heterocycles. The zero-order chi connectivity index (χ0) is 15.7. The number of nitrogens with one attached hydrogen (secondary N) is 2. The van der Waals surface area contributed by atoms with Gasteiger partial charge >= 0.3 is 0 Å². The molecule has 3 rings (SSSR count). The molecule has 1 aromatic heterocycles. The van der Waals surface area contributed by atoms with Crippen molar-refractivity contribution in [2.24, 2.45) is 5.73 Å². The van der Waals surface area contributed by atoms with Gasteiger partial charge in [0.1, 0.15) is 0 Å². The smallest absolute Gasteiger partial charge is 0.250 e. The summed E-state index contributed by atoms with van der Waals surface area (Å²) in [5.41, 5.74) is 7.93. The van der Waals surface area contributed by atoms with Crippen LogP contribution in [0.3, 0.4) is 0 Å². The Morgan fingerprint density at radius 2 is 2.14 bits per heavy atom. The molecule has 2 amide bonds. The van der Waals surface area contributed by atoms with Crippen LogP contribution in [-0.4, -0.2) is 22.8 Å². The number of rotatable bonds is 4. The van der Waals surface area contributed by atoms with E-state index in [9.17, 15) is 9.59 Å². The fourth-order valence-corrected chi connectivity index (χ4v) is 3.40. The van der Waals surface area contributed by atoms with Crippen molar-refractivity contribution in [1.82, 2.24) is 10.3 Å². The van der Waals surface area contributed by atoms with Crippen LogP contribution in [0, 0.1) is 0 Å². The summed E-state index contributed by atoms with van der Waals surface area (Å²) in [6.07, 6.45) is 5.99. The number of H-pyrrole nitrogens is 1. The minimum Gasteiger partial charge on any atom is -0.366 e. The van der Waals surface area contributed by atoms with E-state index >= 15 is 0 Å². The highest BCUT2D eigenvalue weighted by molar-refractivity contribution is 6.05. The Labute approximate surface area is 128 Å². The van der Waals surface area contributed by atoms with Gasteiger partial charge in [0.2, 0.25) is 5.91 Å². The number of nitrogens with two attached hydrogens (primary N) is 1. The molecule has 5 nitrogen and oxygen atoms in total. The first-order valence-electron chi connectivity index (χ1n) is 7.43. The van der Waals surface area contributed by atoms with Gasteiger partial charge in [-0.1, -0.05) is 12.6 Å². The van der Waals surface area contributed by atoms with Gasteiger partial charge in [0.05, 0.1) is 11.1 Å². The van der Waals surface area contributed by atoms with Crippen LogP contribution >= 0.6 is 0 Å². The molecule has 1 aromatic carbocycles. The summed E-state index contributed by atoms with van der Waals surface area (Å²) in [5, 5.41) is 4.00. The van der Waals surface area contributed by atoms with Gasteiger partial charge in [-0.05, 0) is 49.0 Å². The molecule has 0 radical (unpaired) electrons. The highest BCUT2D eigenvalue weighted by atomic mass is 16.1. The number of aromatic amines is 1. The number of primary amides is 1. The van der Waals surface area contributed by atoms with E-state index in [4.69, 9.17) is 5.73 Å². The molecule has 2 atom stereocenters. The largest absolute Gasteiger partial charge is 0.366 e. The summed E-state index contributed by atoms with van der Waals surface area (Å²) in [6, 6.07) is 5.93. The highest BCUT2D eigenvalue weighted by Gasteiger charge is 2.28. The summed E-state index contributed by atoms with van der Waals surface area (Å²) in [5.74, 6) is -0.182. The monoisotopic (exact) mass is 297 g/mol. The van der Waals surface area contributed by atoms with Crippen molar-refractivity contribution in [2.75, 3.05) is 0 Å². The Bertz CT molecular complexity index is 747. The predicted molar refractivity (Wildman–Crippen MR) is 85.5 cm³/mol. The van der Waals surface area contributed by atoms with Gasteiger partial charge < -0.3 is 16.0 Å². The molecule has 1 saturated carbocycles. The second kappa shape index (κ2) is 5.67. The van der Waals surface area contributed by atoms with E-state index in [1.54, 1.807) is 6.07 Å². The van der Waals surface area contributed by atoms with Gasteiger partial charge in [0, 0.05) is 17.6 Å². The average molecular weight is 297 g/mol. The van der Waals surface area contributed by atoms with Crippen LogP contribution < -0.4 is 11.1 Å². The van der Waals surface area contributed by atoms with E-state index in [1.807, 2.05) is 18.3 Å². The molecule has 1 aliphatic rings. The molecule has 2 unspecified atom stereocenters. The van der Waals surface area contributed by atoms with Crippen LogP contribution in [0.15, 0.2) is 37.1 Å². The predicted octanol–water partition coefficient (Wildman–Crippen LogP) is 2.21. The van der Waals surface area contributed by atoms with E-state index in [0.29, 0.717) is 11.5 Å². The van der Waals surface area contributed by atoms with Crippen LogP contribution in [-0.2, 0) is 4.79 Å². The lowest BCUT2D eigenvalue weighted by Gasteiger charge is -2.14. The molecular weight excluding hydrogens is 278 g/mol. The fourth-order valence-electron chi connectivity index (χ4n) is 3.40. The number of fused-ring (bicyclic) bond motifs is 1. The number of carbonyl (C=O) groups is 2. The number of amides is 2. The van der Waals surface area contributed by atoms with Crippen molar-refractivity contribution >= 4 is 22.7 Å². The molecule has 0 spiro atoms. The van der Waals surface area contributed by atoms with Gasteiger partial charge in [-0.15, -0.1) is 0 Å². The first-order valence-corrected chi connectivity index (χ1v) is 7.43. The lowest BCUT2D eigenvalue weighted by Crippen LogP contribution is -2.31. The quantitative estimate of drug-likeness (QED) is 0.755. The molecule has 2 aromatic rings. The summed E-state index contributed by atoms with van der Waals surface area (Å²) < 4.78 is 0. The Morgan fingerprint density at radius 1 is 1.32 bits per heavy atom. The third kappa shape index (κ3) is 2.50. The number of hydrogen-bond acceptors (Lipinski definition) is 2. The van der Waals surface area contributed by atoms with Gasteiger partial charge in [-0.25, -0.2) is 0 Å². The van der Waals surface area contributed by atoms with Gasteiger partial charge in [-0.3, -0.25) is 9.59 Å². The molecule has 114 valence electrons. The van der Waals surface area contributed by atoms with Crippen molar-refractivity contribution < 1.29 is 9.59 Å². The van der Waals surface area contributed by atoms with Crippen molar-refractivity contribution in [3.05, 3.63) is 48.2 Å². The van der Waals surface area contributed by atoms with E-state index in [-0.39, 0.29) is 11.9 Å². The average Bonchev–Trinajstić information content (AvgIpc) is 3.14. The number of carbonyl (C=O) groups excluding carboxylic acids is 2.